The van der Waals surface area contributed by atoms with Gasteiger partial charge in [-0.25, -0.2) is 0 Å². The van der Waals surface area contributed by atoms with Crippen LogP contribution in [0.25, 0.3) is 0 Å². The molecule has 10 nitrogen and oxygen atoms in total. The van der Waals surface area contributed by atoms with Crippen molar-refractivity contribution in [3.63, 3.8) is 0 Å². The molecular weight excluding hydrogens is 326 g/mol. The van der Waals surface area contributed by atoms with Gasteiger partial charge in [-0.15, -0.1) is 0 Å². The van der Waals surface area contributed by atoms with E-state index in [0.29, 0.717) is 0 Å². The van der Waals surface area contributed by atoms with Crippen LogP contribution in [0.15, 0.2) is 0 Å². The van der Waals surface area contributed by atoms with Crippen molar-refractivity contribution in [2.75, 3.05) is 6.61 Å². The molecule has 0 saturated carbocycles. The molecule has 136 valence electrons. The highest BCUT2D eigenvalue weighted by Crippen LogP contribution is 2.27. The number of carbonyl (C=O) groups is 4. The smallest absolute Gasteiger partial charge is 0.303 e. The number of amides is 1. The van der Waals surface area contributed by atoms with E-state index in [0.717, 1.165) is 13.8 Å². The minimum Gasteiger partial charge on any atom is -0.462 e. The van der Waals surface area contributed by atoms with Gasteiger partial charge >= 0.3 is 17.9 Å². The summed E-state index contributed by atoms with van der Waals surface area (Å²) in [4.78, 5) is 44.9. The largest absolute Gasteiger partial charge is 0.462 e. The number of esters is 3. The summed E-state index contributed by atoms with van der Waals surface area (Å²) in [5, 5.41) is 12.4. The molecule has 0 spiro atoms. The summed E-state index contributed by atoms with van der Waals surface area (Å²) in [5.41, 5.74) is 0. The molecule has 0 radical (unpaired) electrons. The molecule has 0 unspecified atom stereocenters. The van der Waals surface area contributed by atoms with Gasteiger partial charge in [0.2, 0.25) is 5.91 Å². The molecule has 24 heavy (non-hydrogen) atoms. The number of rotatable bonds is 6. The Hall–Kier alpha value is -2.20. The van der Waals surface area contributed by atoms with Crippen LogP contribution < -0.4 is 5.32 Å². The number of hydrogen-bond acceptors (Lipinski definition) is 9. The number of aliphatic hydroxyl groups excluding tert-OH is 1. The van der Waals surface area contributed by atoms with Crippen molar-refractivity contribution in [3.8, 4) is 0 Å². The molecule has 0 aliphatic carbocycles. The van der Waals surface area contributed by atoms with Gasteiger partial charge in [0, 0.05) is 27.7 Å². The molecular formula is C14H21NO9. The molecule has 1 amide bonds. The minimum atomic E-state index is -1.50. The summed E-state index contributed by atoms with van der Waals surface area (Å²) >= 11 is 0. The van der Waals surface area contributed by atoms with E-state index in [9.17, 15) is 24.3 Å². The van der Waals surface area contributed by atoms with Crippen LogP contribution in [0.2, 0.25) is 0 Å². The first-order valence-electron chi connectivity index (χ1n) is 7.20. The van der Waals surface area contributed by atoms with Gasteiger partial charge in [0.15, 0.2) is 18.5 Å². The third-order valence-electron chi connectivity index (χ3n) is 3.09. The third-order valence-corrected chi connectivity index (χ3v) is 3.09. The Morgan fingerprint density at radius 2 is 1.71 bits per heavy atom. The molecule has 2 N–H and O–H groups in total. The zero-order valence-electron chi connectivity index (χ0n) is 13.8. The van der Waals surface area contributed by atoms with Gasteiger partial charge in [-0.05, 0) is 0 Å². The molecule has 0 aromatic carbocycles. The summed E-state index contributed by atoms with van der Waals surface area (Å²) < 4.78 is 20.2. The van der Waals surface area contributed by atoms with E-state index < -0.39 is 54.5 Å². The second-order valence-corrected chi connectivity index (χ2v) is 5.24. The SMILES string of the molecule is CC(=O)N[C@H]1[C@H](OC(C)=O)[C@@H]([C@@H](COC(C)=O)OC(C)=O)O[C@@H]1O. The third kappa shape index (κ3) is 5.78. The van der Waals surface area contributed by atoms with Crippen LogP contribution in [0, 0.1) is 0 Å². The van der Waals surface area contributed by atoms with E-state index in [4.69, 9.17) is 18.9 Å². The fourth-order valence-corrected chi connectivity index (χ4v) is 2.32. The Bertz CT molecular complexity index is 506. The molecule has 1 aliphatic rings. The Morgan fingerprint density at radius 3 is 2.17 bits per heavy atom. The van der Waals surface area contributed by atoms with E-state index in [2.05, 4.69) is 5.32 Å². The standard InChI is InChI=1S/C14H21NO9/c1-6(16)15-11-13(23-9(4)19)12(24-14(11)20)10(22-8(3)18)5-21-7(2)17/h10-14,20H,5H2,1-4H3,(H,15,16)/t10-,11+,12-,13+,14+/m1/s1. The molecule has 10 heteroatoms. The second kappa shape index (κ2) is 8.60. The number of ether oxygens (including phenoxy) is 4. The second-order valence-electron chi connectivity index (χ2n) is 5.24. The van der Waals surface area contributed by atoms with Gasteiger partial charge in [0.1, 0.15) is 18.8 Å². The Kier molecular flexibility index (Phi) is 7.11. The molecule has 5 atom stereocenters. The van der Waals surface area contributed by atoms with Crippen molar-refractivity contribution in [1.29, 1.82) is 0 Å². The monoisotopic (exact) mass is 347 g/mol. The molecule has 1 fully saturated rings. The highest BCUT2D eigenvalue weighted by molar-refractivity contribution is 5.73. The number of carbonyl (C=O) groups excluding carboxylic acids is 4. The van der Waals surface area contributed by atoms with Crippen LogP contribution in [0.3, 0.4) is 0 Å². The zero-order chi connectivity index (χ0) is 18.4. The fourth-order valence-electron chi connectivity index (χ4n) is 2.32. The maximum Gasteiger partial charge on any atom is 0.303 e. The summed E-state index contributed by atoms with van der Waals surface area (Å²) in [6.45, 7) is 4.29. The van der Waals surface area contributed by atoms with Gasteiger partial charge < -0.3 is 29.4 Å². The normalized spacial score (nSPS) is 27.0. The summed E-state index contributed by atoms with van der Waals surface area (Å²) in [5.74, 6) is -2.47. The van der Waals surface area contributed by atoms with Gasteiger partial charge in [-0.2, -0.15) is 0 Å². The first-order valence-corrected chi connectivity index (χ1v) is 7.20. The average molecular weight is 347 g/mol. The van der Waals surface area contributed by atoms with Gasteiger partial charge in [-0.1, -0.05) is 0 Å². The fraction of sp³-hybridized carbons (Fsp3) is 0.714. The molecule has 1 aliphatic heterocycles. The van der Waals surface area contributed by atoms with Crippen molar-refractivity contribution < 1.29 is 43.2 Å². The lowest BCUT2D eigenvalue weighted by Gasteiger charge is -2.27. The highest BCUT2D eigenvalue weighted by atomic mass is 16.7. The maximum absolute atomic E-state index is 11.3. The number of aliphatic hydroxyl groups is 1. The topological polar surface area (TPSA) is 137 Å². The van der Waals surface area contributed by atoms with Crippen LogP contribution in [-0.4, -0.2) is 66.2 Å². The Balaban J connectivity index is 3.03. The van der Waals surface area contributed by atoms with Crippen molar-refractivity contribution in [2.45, 2.75) is 58.3 Å². The molecule has 1 rings (SSSR count). The van der Waals surface area contributed by atoms with Gasteiger partial charge in [0.05, 0.1) is 0 Å². The van der Waals surface area contributed by atoms with Crippen molar-refractivity contribution >= 4 is 23.8 Å². The Labute approximate surface area is 138 Å². The number of nitrogens with one attached hydrogen (secondary N) is 1. The predicted octanol–water partition coefficient (Wildman–Crippen LogP) is -1.37. The zero-order valence-corrected chi connectivity index (χ0v) is 13.8. The minimum absolute atomic E-state index is 0.364. The van der Waals surface area contributed by atoms with E-state index in [1.165, 1.54) is 13.8 Å². The van der Waals surface area contributed by atoms with Crippen LogP contribution >= 0.6 is 0 Å². The lowest BCUT2D eigenvalue weighted by molar-refractivity contribution is -0.182. The van der Waals surface area contributed by atoms with Gasteiger partial charge in [0.25, 0.3) is 0 Å². The number of hydrogen-bond donors (Lipinski definition) is 2. The van der Waals surface area contributed by atoms with Crippen LogP contribution in [-0.2, 0) is 38.1 Å². The van der Waals surface area contributed by atoms with E-state index in [1.54, 1.807) is 0 Å². The lowest BCUT2D eigenvalue weighted by Crippen LogP contribution is -2.51. The van der Waals surface area contributed by atoms with Gasteiger partial charge in [-0.3, -0.25) is 19.2 Å². The van der Waals surface area contributed by atoms with Crippen LogP contribution in [0.1, 0.15) is 27.7 Å². The molecule has 1 heterocycles. The average Bonchev–Trinajstić information content (AvgIpc) is 2.70. The van der Waals surface area contributed by atoms with E-state index in [1.807, 2.05) is 0 Å². The summed E-state index contributed by atoms with van der Waals surface area (Å²) in [6.07, 6.45) is -4.91. The van der Waals surface area contributed by atoms with Crippen molar-refractivity contribution in [1.82, 2.24) is 5.32 Å². The first kappa shape index (κ1) is 19.8. The highest BCUT2D eigenvalue weighted by Gasteiger charge is 2.51. The summed E-state index contributed by atoms with van der Waals surface area (Å²) in [6, 6.07) is -1.06. The predicted molar refractivity (Wildman–Crippen MR) is 76.2 cm³/mol. The Morgan fingerprint density at radius 1 is 1.08 bits per heavy atom. The van der Waals surface area contributed by atoms with Crippen LogP contribution in [0.4, 0.5) is 0 Å². The van der Waals surface area contributed by atoms with E-state index >= 15 is 0 Å². The first-order chi connectivity index (χ1) is 11.1. The lowest BCUT2D eigenvalue weighted by atomic mass is 10.0. The quantitative estimate of drug-likeness (QED) is 0.440. The summed E-state index contributed by atoms with van der Waals surface area (Å²) in [7, 11) is 0. The van der Waals surface area contributed by atoms with Crippen molar-refractivity contribution in [2.24, 2.45) is 0 Å². The molecule has 1 saturated heterocycles. The van der Waals surface area contributed by atoms with Crippen molar-refractivity contribution in [3.05, 3.63) is 0 Å². The maximum atomic E-state index is 11.3. The molecule has 0 bridgehead atoms. The van der Waals surface area contributed by atoms with E-state index in [-0.39, 0.29) is 6.61 Å². The molecule has 0 aromatic rings. The van der Waals surface area contributed by atoms with Crippen LogP contribution in [0.5, 0.6) is 0 Å². The molecule has 0 aromatic heterocycles.